The Balaban J connectivity index is 2.24. The minimum Gasteiger partial charge on any atom is -0.377 e. The summed E-state index contributed by atoms with van der Waals surface area (Å²) in [6.07, 6.45) is 1.55. The summed E-state index contributed by atoms with van der Waals surface area (Å²) in [6.45, 7) is 1.88. The summed E-state index contributed by atoms with van der Waals surface area (Å²) >= 11 is 9.55. The Bertz CT molecular complexity index is 885. The van der Waals surface area contributed by atoms with Gasteiger partial charge in [0.25, 0.3) is 5.91 Å². The molecule has 0 fully saturated rings. The van der Waals surface area contributed by atoms with Gasteiger partial charge >= 0.3 is 0 Å². The van der Waals surface area contributed by atoms with E-state index in [0.29, 0.717) is 10.7 Å². The fraction of sp³-hybridized carbons (Fsp3) is 0.158. The Hall–Kier alpha value is -2.29. The number of aryl methyl sites for hydroxylation is 1. The summed E-state index contributed by atoms with van der Waals surface area (Å²) in [6, 6.07) is 12.8. The van der Waals surface area contributed by atoms with Crippen LogP contribution >= 0.6 is 27.5 Å². The van der Waals surface area contributed by atoms with Crippen molar-refractivity contribution in [2.24, 2.45) is 0 Å². The van der Waals surface area contributed by atoms with E-state index in [4.69, 9.17) is 11.6 Å². The van der Waals surface area contributed by atoms with Crippen molar-refractivity contribution in [1.82, 2.24) is 0 Å². The SMILES string of the molecule is Cc1ccc(NC(=O)/C(C#N)=C\c2ccc(N(C)C)c(Br)c2)cc1Cl. The van der Waals surface area contributed by atoms with Crippen LogP contribution in [0.15, 0.2) is 46.4 Å². The Morgan fingerprint density at radius 1 is 1.28 bits per heavy atom. The highest BCUT2D eigenvalue weighted by Crippen LogP contribution is 2.27. The summed E-state index contributed by atoms with van der Waals surface area (Å²) in [5, 5.41) is 12.6. The third-order valence-corrected chi connectivity index (χ3v) is 4.60. The smallest absolute Gasteiger partial charge is 0.266 e. The average Bonchev–Trinajstić information content (AvgIpc) is 2.55. The third-order valence-electron chi connectivity index (χ3n) is 3.56. The van der Waals surface area contributed by atoms with Crippen LogP contribution in [0.2, 0.25) is 5.02 Å². The highest BCUT2D eigenvalue weighted by atomic mass is 79.9. The molecule has 0 heterocycles. The summed E-state index contributed by atoms with van der Waals surface area (Å²) in [5.74, 6) is -0.477. The fourth-order valence-corrected chi connectivity index (χ4v) is 3.09. The van der Waals surface area contributed by atoms with Gasteiger partial charge in [0.1, 0.15) is 11.6 Å². The Labute approximate surface area is 160 Å². The van der Waals surface area contributed by atoms with Gasteiger partial charge in [-0.05, 0) is 64.3 Å². The maximum absolute atomic E-state index is 12.3. The molecule has 0 aliphatic rings. The van der Waals surface area contributed by atoms with Gasteiger partial charge in [-0.1, -0.05) is 23.7 Å². The van der Waals surface area contributed by atoms with Gasteiger partial charge in [0, 0.05) is 29.3 Å². The quantitative estimate of drug-likeness (QED) is 0.560. The largest absolute Gasteiger partial charge is 0.377 e. The van der Waals surface area contributed by atoms with Crippen LogP contribution in [0.25, 0.3) is 6.08 Å². The molecule has 0 spiro atoms. The van der Waals surface area contributed by atoms with Crippen LogP contribution in [0.1, 0.15) is 11.1 Å². The lowest BCUT2D eigenvalue weighted by atomic mass is 10.1. The van der Waals surface area contributed by atoms with E-state index in [-0.39, 0.29) is 5.57 Å². The van der Waals surface area contributed by atoms with Crippen LogP contribution in [-0.4, -0.2) is 20.0 Å². The number of carbonyl (C=O) groups excluding carboxylic acids is 1. The second kappa shape index (κ2) is 8.19. The zero-order chi connectivity index (χ0) is 18.6. The first-order valence-electron chi connectivity index (χ1n) is 7.48. The van der Waals surface area contributed by atoms with Crippen LogP contribution in [-0.2, 0) is 4.79 Å². The van der Waals surface area contributed by atoms with Gasteiger partial charge in [0.15, 0.2) is 0 Å². The van der Waals surface area contributed by atoms with Crippen molar-refractivity contribution >= 4 is 50.9 Å². The molecule has 0 bridgehead atoms. The number of rotatable bonds is 4. The van der Waals surface area contributed by atoms with Gasteiger partial charge in [0.05, 0.1) is 5.69 Å². The minimum absolute atomic E-state index is 0.0150. The second-order valence-electron chi connectivity index (χ2n) is 5.69. The molecule has 1 N–H and O–H groups in total. The molecule has 2 aromatic carbocycles. The maximum Gasteiger partial charge on any atom is 0.266 e. The van der Waals surface area contributed by atoms with Crippen LogP contribution < -0.4 is 10.2 Å². The highest BCUT2D eigenvalue weighted by molar-refractivity contribution is 9.10. The van der Waals surface area contributed by atoms with Crippen LogP contribution in [0.5, 0.6) is 0 Å². The molecule has 128 valence electrons. The van der Waals surface area contributed by atoms with E-state index in [1.165, 1.54) is 0 Å². The third kappa shape index (κ3) is 4.85. The summed E-state index contributed by atoms with van der Waals surface area (Å²) < 4.78 is 0.884. The molecule has 1 amide bonds. The number of carbonyl (C=O) groups is 1. The molecule has 2 aromatic rings. The van der Waals surface area contributed by atoms with Crippen LogP contribution in [0, 0.1) is 18.3 Å². The normalized spacial score (nSPS) is 11.0. The molecular formula is C19H17BrClN3O. The molecule has 0 saturated carbocycles. The summed E-state index contributed by atoms with van der Waals surface area (Å²) in [7, 11) is 3.88. The molecule has 0 aliphatic carbocycles. The van der Waals surface area contributed by atoms with Crippen molar-refractivity contribution in [2.75, 3.05) is 24.3 Å². The number of anilines is 2. The summed E-state index contributed by atoms with van der Waals surface area (Å²) in [4.78, 5) is 14.3. The second-order valence-corrected chi connectivity index (χ2v) is 6.95. The molecule has 4 nitrogen and oxygen atoms in total. The number of amides is 1. The molecule has 2 rings (SSSR count). The highest BCUT2D eigenvalue weighted by Gasteiger charge is 2.11. The Morgan fingerprint density at radius 3 is 2.56 bits per heavy atom. The van der Waals surface area contributed by atoms with Crippen LogP contribution in [0.4, 0.5) is 11.4 Å². The zero-order valence-electron chi connectivity index (χ0n) is 14.1. The van der Waals surface area contributed by atoms with Crippen LogP contribution in [0.3, 0.4) is 0 Å². The molecule has 0 aliphatic heterocycles. The molecule has 0 unspecified atom stereocenters. The van der Waals surface area contributed by atoms with Crippen molar-refractivity contribution in [1.29, 1.82) is 5.26 Å². The molecule has 0 aromatic heterocycles. The number of hydrogen-bond donors (Lipinski definition) is 1. The van der Waals surface area contributed by atoms with Gasteiger partial charge in [-0.25, -0.2) is 0 Å². The van der Waals surface area contributed by atoms with Crippen molar-refractivity contribution < 1.29 is 4.79 Å². The predicted molar refractivity (Wildman–Crippen MR) is 107 cm³/mol. The number of benzene rings is 2. The topological polar surface area (TPSA) is 56.1 Å². The fourth-order valence-electron chi connectivity index (χ4n) is 2.16. The Morgan fingerprint density at radius 2 is 2.00 bits per heavy atom. The van der Waals surface area contributed by atoms with Gasteiger partial charge in [-0.15, -0.1) is 0 Å². The van der Waals surface area contributed by atoms with Gasteiger partial charge in [0.2, 0.25) is 0 Å². The predicted octanol–water partition coefficient (Wildman–Crippen LogP) is 5.02. The molecule has 6 heteroatoms. The number of nitrogens with one attached hydrogen (secondary N) is 1. The van der Waals surface area contributed by atoms with Crippen molar-refractivity contribution in [3.63, 3.8) is 0 Å². The van der Waals surface area contributed by atoms with Gasteiger partial charge < -0.3 is 10.2 Å². The molecule has 0 atom stereocenters. The monoisotopic (exact) mass is 417 g/mol. The standard InChI is InChI=1S/C19H17BrClN3O/c1-12-4-6-15(10-17(12)21)23-19(25)14(11-22)8-13-5-7-18(24(2)3)16(20)9-13/h4-10H,1-3H3,(H,23,25)/b14-8-. The first-order chi connectivity index (χ1) is 11.8. The summed E-state index contributed by atoms with van der Waals surface area (Å²) in [5.41, 5.74) is 3.24. The first kappa shape index (κ1) is 19.0. The Kier molecular flexibility index (Phi) is 6.24. The maximum atomic E-state index is 12.3. The number of hydrogen-bond acceptors (Lipinski definition) is 3. The average molecular weight is 419 g/mol. The van der Waals surface area contributed by atoms with Crippen molar-refractivity contribution in [3.05, 3.63) is 62.6 Å². The lowest BCUT2D eigenvalue weighted by Gasteiger charge is -2.14. The van der Waals surface area contributed by atoms with Crippen molar-refractivity contribution in [2.45, 2.75) is 6.92 Å². The van der Waals surface area contributed by atoms with E-state index in [0.717, 1.165) is 21.3 Å². The molecular weight excluding hydrogens is 402 g/mol. The van der Waals surface area contributed by atoms with E-state index in [1.54, 1.807) is 18.2 Å². The number of nitriles is 1. The first-order valence-corrected chi connectivity index (χ1v) is 8.65. The van der Waals surface area contributed by atoms with Crippen molar-refractivity contribution in [3.8, 4) is 6.07 Å². The zero-order valence-corrected chi connectivity index (χ0v) is 16.4. The van der Waals surface area contributed by atoms with E-state index in [2.05, 4.69) is 21.2 Å². The molecule has 0 radical (unpaired) electrons. The van der Waals surface area contributed by atoms with E-state index >= 15 is 0 Å². The van der Waals surface area contributed by atoms with E-state index in [9.17, 15) is 10.1 Å². The van der Waals surface area contributed by atoms with Gasteiger partial charge in [-0.2, -0.15) is 5.26 Å². The van der Waals surface area contributed by atoms with Gasteiger partial charge in [-0.3, -0.25) is 4.79 Å². The number of halogens is 2. The number of nitrogens with zero attached hydrogens (tertiary/aromatic N) is 2. The lowest BCUT2D eigenvalue weighted by Crippen LogP contribution is -2.13. The van der Waals surface area contributed by atoms with E-state index < -0.39 is 5.91 Å². The van der Waals surface area contributed by atoms with E-state index in [1.807, 2.05) is 56.3 Å². The molecule has 0 saturated heterocycles. The molecule has 25 heavy (non-hydrogen) atoms. The lowest BCUT2D eigenvalue weighted by molar-refractivity contribution is -0.112. The minimum atomic E-state index is -0.477.